The van der Waals surface area contributed by atoms with E-state index in [2.05, 4.69) is 29.6 Å². The minimum atomic E-state index is 0.214. The molecule has 3 nitrogen and oxygen atoms in total. The molecule has 0 bridgehead atoms. The number of fused-ring (bicyclic) bond motifs is 1. The van der Waals surface area contributed by atoms with Crippen molar-refractivity contribution in [1.82, 2.24) is 10.2 Å². The molecule has 0 radical (unpaired) electrons. The summed E-state index contributed by atoms with van der Waals surface area (Å²) < 4.78 is 0. The fourth-order valence-electron chi connectivity index (χ4n) is 2.25. The Morgan fingerprint density at radius 2 is 2.06 bits per heavy atom. The molecule has 1 heterocycles. The molecule has 0 aromatic heterocycles. The van der Waals surface area contributed by atoms with Gasteiger partial charge in [0.1, 0.15) is 0 Å². The largest absolute Gasteiger partial charge is 0.349 e. The van der Waals surface area contributed by atoms with Crippen LogP contribution >= 0.6 is 0 Å². The molecule has 1 unspecified atom stereocenters. The SMILES string of the molecule is CN(C)C(=O)CCC1Cc2ccccc2CN1. The lowest BCUT2D eigenvalue weighted by atomic mass is 9.93. The molecule has 0 saturated heterocycles. The summed E-state index contributed by atoms with van der Waals surface area (Å²) in [6.07, 6.45) is 2.59. The van der Waals surface area contributed by atoms with Crippen molar-refractivity contribution < 1.29 is 4.79 Å². The zero-order valence-electron chi connectivity index (χ0n) is 10.6. The zero-order chi connectivity index (χ0) is 12.3. The Morgan fingerprint density at radius 1 is 1.35 bits per heavy atom. The Balaban J connectivity index is 1.88. The fraction of sp³-hybridized carbons (Fsp3) is 0.500. The highest BCUT2D eigenvalue weighted by atomic mass is 16.2. The number of carbonyl (C=O) groups excluding carboxylic acids is 1. The van der Waals surface area contributed by atoms with Gasteiger partial charge < -0.3 is 10.2 Å². The highest BCUT2D eigenvalue weighted by molar-refractivity contribution is 5.75. The van der Waals surface area contributed by atoms with Crippen LogP contribution in [0.25, 0.3) is 0 Å². The number of nitrogens with zero attached hydrogens (tertiary/aromatic N) is 1. The second-order valence-electron chi connectivity index (χ2n) is 4.88. The summed E-state index contributed by atoms with van der Waals surface area (Å²) in [6, 6.07) is 8.97. The van der Waals surface area contributed by atoms with Crippen molar-refractivity contribution in [2.45, 2.75) is 31.8 Å². The Labute approximate surface area is 103 Å². The van der Waals surface area contributed by atoms with Gasteiger partial charge in [0.05, 0.1) is 0 Å². The van der Waals surface area contributed by atoms with Crippen LogP contribution in [0.4, 0.5) is 0 Å². The van der Waals surface area contributed by atoms with E-state index in [1.807, 2.05) is 14.1 Å². The van der Waals surface area contributed by atoms with Crippen molar-refractivity contribution >= 4 is 5.91 Å². The summed E-state index contributed by atoms with van der Waals surface area (Å²) in [5.74, 6) is 0.214. The smallest absolute Gasteiger partial charge is 0.222 e. The van der Waals surface area contributed by atoms with Gasteiger partial charge in [-0.1, -0.05) is 24.3 Å². The number of amides is 1. The number of rotatable bonds is 3. The van der Waals surface area contributed by atoms with Gasteiger partial charge in [-0.25, -0.2) is 0 Å². The minimum Gasteiger partial charge on any atom is -0.349 e. The lowest BCUT2D eigenvalue weighted by Crippen LogP contribution is -2.36. The molecular weight excluding hydrogens is 212 g/mol. The number of hydrogen-bond donors (Lipinski definition) is 1. The fourth-order valence-corrected chi connectivity index (χ4v) is 2.25. The van der Waals surface area contributed by atoms with Crippen LogP contribution in [-0.4, -0.2) is 30.9 Å². The molecule has 0 saturated carbocycles. The van der Waals surface area contributed by atoms with E-state index in [1.54, 1.807) is 4.90 Å². The second-order valence-corrected chi connectivity index (χ2v) is 4.88. The van der Waals surface area contributed by atoms with E-state index in [4.69, 9.17) is 0 Å². The minimum absolute atomic E-state index is 0.214. The Hall–Kier alpha value is -1.35. The maximum absolute atomic E-state index is 11.5. The van der Waals surface area contributed by atoms with E-state index in [9.17, 15) is 4.79 Å². The Kier molecular flexibility index (Phi) is 3.79. The number of carbonyl (C=O) groups is 1. The van der Waals surface area contributed by atoms with Crippen molar-refractivity contribution in [1.29, 1.82) is 0 Å². The first-order valence-electron chi connectivity index (χ1n) is 6.17. The summed E-state index contributed by atoms with van der Waals surface area (Å²) in [7, 11) is 3.62. The second kappa shape index (κ2) is 5.32. The first kappa shape index (κ1) is 12.1. The van der Waals surface area contributed by atoms with Gasteiger partial charge in [-0.05, 0) is 24.0 Å². The van der Waals surface area contributed by atoms with E-state index in [0.29, 0.717) is 12.5 Å². The van der Waals surface area contributed by atoms with Crippen LogP contribution in [0.5, 0.6) is 0 Å². The maximum Gasteiger partial charge on any atom is 0.222 e. The van der Waals surface area contributed by atoms with Crippen LogP contribution in [0.15, 0.2) is 24.3 Å². The first-order chi connectivity index (χ1) is 8.16. The van der Waals surface area contributed by atoms with Crippen molar-refractivity contribution in [2.75, 3.05) is 14.1 Å². The predicted molar refractivity (Wildman–Crippen MR) is 68.7 cm³/mol. The topological polar surface area (TPSA) is 32.3 Å². The molecule has 0 spiro atoms. The van der Waals surface area contributed by atoms with Gasteiger partial charge in [0.15, 0.2) is 0 Å². The van der Waals surface area contributed by atoms with Crippen LogP contribution in [0.2, 0.25) is 0 Å². The average Bonchev–Trinajstić information content (AvgIpc) is 2.35. The van der Waals surface area contributed by atoms with E-state index < -0.39 is 0 Å². The molecule has 17 heavy (non-hydrogen) atoms. The van der Waals surface area contributed by atoms with Gasteiger partial charge in [-0.15, -0.1) is 0 Å². The molecular formula is C14H20N2O. The standard InChI is InChI=1S/C14H20N2O/c1-16(2)14(17)8-7-13-9-11-5-3-4-6-12(11)10-15-13/h3-6,13,15H,7-10H2,1-2H3. The summed E-state index contributed by atoms with van der Waals surface area (Å²) in [6.45, 7) is 0.928. The van der Waals surface area contributed by atoms with Crippen molar-refractivity contribution in [3.63, 3.8) is 0 Å². The molecule has 1 aliphatic rings. The van der Waals surface area contributed by atoms with E-state index in [-0.39, 0.29) is 5.91 Å². The van der Waals surface area contributed by atoms with Gasteiger partial charge in [0.25, 0.3) is 0 Å². The quantitative estimate of drug-likeness (QED) is 0.858. The van der Waals surface area contributed by atoms with Crippen molar-refractivity contribution in [3.8, 4) is 0 Å². The first-order valence-corrected chi connectivity index (χ1v) is 6.17. The Bertz CT molecular complexity index is 401. The van der Waals surface area contributed by atoms with Crippen LogP contribution in [-0.2, 0) is 17.8 Å². The van der Waals surface area contributed by atoms with Gasteiger partial charge in [0.2, 0.25) is 5.91 Å². The molecule has 1 aromatic carbocycles. The number of nitrogens with one attached hydrogen (secondary N) is 1. The highest BCUT2D eigenvalue weighted by Gasteiger charge is 2.18. The predicted octanol–water partition coefficient (Wildman–Crippen LogP) is 1.57. The molecule has 1 aromatic rings. The molecule has 1 atom stereocenters. The normalized spacial score (nSPS) is 18.6. The lowest BCUT2D eigenvalue weighted by molar-refractivity contribution is -0.128. The van der Waals surface area contributed by atoms with Gasteiger partial charge in [0, 0.05) is 33.1 Å². The highest BCUT2D eigenvalue weighted by Crippen LogP contribution is 2.18. The molecule has 0 fully saturated rings. The van der Waals surface area contributed by atoms with Gasteiger partial charge in [-0.3, -0.25) is 4.79 Å². The van der Waals surface area contributed by atoms with Crippen LogP contribution in [0.3, 0.4) is 0 Å². The molecule has 1 aliphatic heterocycles. The molecule has 1 amide bonds. The average molecular weight is 232 g/mol. The van der Waals surface area contributed by atoms with Gasteiger partial charge >= 0.3 is 0 Å². The summed E-state index contributed by atoms with van der Waals surface area (Å²) in [5, 5.41) is 3.50. The third-order valence-corrected chi connectivity index (χ3v) is 3.37. The molecule has 92 valence electrons. The third-order valence-electron chi connectivity index (χ3n) is 3.37. The number of benzene rings is 1. The summed E-state index contributed by atoms with van der Waals surface area (Å²) >= 11 is 0. The monoisotopic (exact) mass is 232 g/mol. The molecule has 3 heteroatoms. The van der Waals surface area contributed by atoms with Crippen LogP contribution in [0.1, 0.15) is 24.0 Å². The lowest BCUT2D eigenvalue weighted by Gasteiger charge is -2.26. The molecule has 2 rings (SSSR count). The van der Waals surface area contributed by atoms with Crippen LogP contribution < -0.4 is 5.32 Å². The molecule has 0 aliphatic carbocycles. The van der Waals surface area contributed by atoms with E-state index in [1.165, 1.54) is 11.1 Å². The van der Waals surface area contributed by atoms with Crippen molar-refractivity contribution in [2.24, 2.45) is 0 Å². The van der Waals surface area contributed by atoms with E-state index in [0.717, 1.165) is 19.4 Å². The van der Waals surface area contributed by atoms with Crippen LogP contribution in [0, 0.1) is 0 Å². The van der Waals surface area contributed by atoms with E-state index >= 15 is 0 Å². The summed E-state index contributed by atoms with van der Waals surface area (Å²) in [4.78, 5) is 13.2. The van der Waals surface area contributed by atoms with Crippen molar-refractivity contribution in [3.05, 3.63) is 35.4 Å². The Morgan fingerprint density at radius 3 is 2.76 bits per heavy atom. The molecule has 1 N–H and O–H groups in total. The van der Waals surface area contributed by atoms with Gasteiger partial charge in [-0.2, -0.15) is 0 Å². The maximum atomic E-state index is 11.5. The number of hydrogen-bond acceptors (Lipinski definition) is 2. The zero-order valence-corrected chi connectivity index (χ0v) is 10.6. The third kappa shape index (κ3) is 3.07. The summed E-state index contributed by atoms with van der Waals surface area (Å²) in [5.41, 5.74) is 2.82.